The number of aromatic nitrogens is 4. The number of rotatable bonds is 6. The van der Waals surface area contributed by atoms with Gasteiger partial charge in [-0.2, -0.15) is 0 Å². The summed E-state index contributed by atoms with van der Waals surface area (Å²) in [7, 11) is 0. The average molecular weight is 431 g/mol. The quantitative estimate of drug-likeness (QED) is 0.366. The summed E-state index contributed by atoms with van der Waals surface area (Å²) < 4.78 is 17.1. The fraction of sp³-hybridized carbons (Fsp3) is 0.125. The number of benzene rings is 3. The summed E-state index contributed by atoms with van der Waals surface area (Å²) in [5.74, 6) is 0.807. The lowest BCUT2D eigenvalue weighted by Gasteiger charge is -2.11. The molecule has 0 bridgehead atoms. The summed E-state index contributed by atoms with van der Waals surface area (Å²) in [6, 6.07) is 24.1. The second-order valence-electron chi connectivity index (χ2n) is 7.25. The van der Waals surface area contributed by atoms with Crippen LogP contribution in [0.5, 0.6) is 0 Å². The maximum Gasteiger partial charge on any atom is 0.262 e. The molecule has 0 amide bonds. The monoisotopic (exact) mass is 430 g/mol. The minimum atomic E-state index is -0.260. The number of hydrogen-bond acceptors (Lipinski definition) is 4. The zero-order valence-corrected chi connectivity index (χ0v) is 17.4. The summed E-state index contributed by atoms with van der Waals surface area (Å²) in [6.07, 6.45) is 0.716. The molecule has 154 valence electrons. The van der Waals surface area contributed by atoms with Crippen LogP contribution >= 0.6 is 11.8 Å². The second-order valence-corrected chi connectivity index (χ2v) is 8.19. The first kappa shape index (κ1) is 19.5. The van der Waals surface area contributed by atoms with Crippen molar-refractivity contribution >= 4 is 28.4 Å². The molecule has 0 saturated heterocycles. The molecule has 5 nitrogen and oxygen atoms in total. The molecule has 0 radical (unpaired) electrons. The maximum atomic E-state index is 13.5. The SMILES string of the molecule is O=c1c2ccccc2n2c(SCc3cccc(F)c3)nnc2n1CCc1ccccc1. The zero-order chi connectivity index (χ0) is 21.2. The van der Waals surface area contributed by atoms with Crippen LogP contribution < -0.4 is 5.56 Å². The smallest absolute Gasteiger partial charge is 0.262 e. The Kier molecular flexibility index (Phi) is 5.26. The minimum Gasteiger partial charge on any atom is -0.276 e. The van der Waals surface area contributed by atoms with Gasteiger partial charge in [-0.05, 0) is 41.8 Å². The molecule has 0 fully saturated rings. The molecule has 0 spiro atoms. The predicted octanol–water partition coefficient (Wildman–Crippen LogP) is 4.72. The van der Waals surface area contributed by atoms with Gasteiger partial charge in [-0.25, -0.2) is 4.39 Å². The molecule has 2 aromatic heterocycles. The lowest BCUT2D eigenvalue weighted by atomic mass is 10.1. The van der Waals surface area contributed by atoms with E-state index in [0.29, 0.717) is 35.0 Å². The van der Waals surface area contributed by atoms with Crippen molar-refractivity contribution in [1.29, 1.82) is 0 Å². The fourth-order valence-corrected chi connectivity index (χ4v) is 4.57. The molecule has 7 heteroatoms. The van der Waals surface area contributed by atoms with Crippen LogP contribution in [0.1, 0.15) is 11.1 Å². The molecule has 0 aliphatic rings. The molecule has 5 aromatic rings. The van der Waals surface area contributed by atoms with E-state index in [2.05, 4.69) is 10.2 Å². The average Bonchev–Trinajstić information content (AvgIpc) is 3.22. The summed E-state index contributed by atoms with van der Waals surface area (Å²) in [5, 5.41) is 10.0. The zero-order valence-electron chi connectivity index (χ0n) is 16.6. The molecule has 0 atom stereocenters. The number of nitrogens with zero attached hydrogens (tertiary/aromatic N) is 4. The first-order chi connectivity index (χ1) is 15.2. The number of fused-ring (bicyclic) bond motifs is 3. The van der Waals surface area contributed by atoms with Crippen LogP contribution in [-0.4, -0.2) is 19.2 Å². The Morgan fingerprint density at radius 2 is 1.65 bits per heavy atom. The van der Waals surface area contributed by atoms with Crippen LogP contribution in [0.2, 0.25) is 0 Å². The van der Waals surface area contributed by atoms with Crippen molar-refractivity contribution in [3.05, 3.63) is 106 Å². The molecule has 0 N–H and O–H groups in total. The third-order valence-corrected chi connectivity index (χ3v) is 6.20. The topological polar surface area (TPSA) is 52.2 Å². The number of hydrogen-bond donors (Lipinski definition) is 0. The molecule has 2 heterocycles. The van der Waals surface area contributed by atoms with Crippen molar-refractivity contribution in [1.82, 2.24) is 19.2 Å². The molecular weight excluding hydrogens is 411 g/mol. The Bertz CT molecular complexity index is 1430. The van der Waals surface area contributed by atoms with Gasteiger partial charge in [-0.3, -0.25) is 13.8 Å². The Balaban J connectivity index is 1.57. The predicted molar refractivity (Wildman–Crippen MR) is 121 cm³/mol. The maximum absolute atomic E-state index is 13.5. The van der Waals surface area contributed by atoms with Gasteiger partial charge in [-0.1, -0.05) is 66.4 Å². The van der Waals surface area contributed by atoms with E-state index in [9.17, 15) is 9.18 Å². The lowest BCUT2D eigenvalue weighted by molar-refractivity contribution is 0.626. The Morgan fingerprint density at radius 1 is 0.871 bits per heavy atom. The normalized spacial score (nSPS) is 11.4. The van der Waals surface area contributed by atoms with Gasteiger partial charge in [0.1, 0.15) is 5.82 Å². The highest BCUT2D eigenvalue weighted by Crippen LogP contribution is 2.25. The first-order valence-electron chi connectivity index (χ1n) is 9.98. The van der Waals surface area contributed by atoms with Crippen LogP contribution in [0.3, 0.4) is 0 Å². The summed E-state index contributed by atoms with van der Waals surface area (Å²) in [5.41, 5.74) is 2.71. The fourth-order valence-electron chi connectivity index (χ4n) is 3.69. The molecular formula is C24H19FN4OS. The van der Waals surface area contributed by atoms with E-state index in [1.165, 1.54) is 23.9 Å². The van der Waals surface area contributed by atoms with E-state index in [4.69, 9.17) is 0 Å². The molecule has 0 aliphatic heterocycles. The van der Waals surface area contributed by atoms with E-state index >= 15 is 0 Å². The number of para-hydroxylation sites is 1. The van der Waals surface area contributed by atoms with Gasteiger partial charge in [0.05, 0.1) is 10.9 Å². The third-order valence-electron chi connectivity index (χ3n) is 5.20. The summed E-state index contributed by atoms with van der Waals surface area (Å²) in [4.78, 5) is 13.2. The van der Waals surface area contributed by atoms with Crippen molar-refractivity contribution < 1.29 is 4.39 Å². The summed E-state index contributed by atoms with van der Waals surface area (Å²) >= 11 is 1.47. The third kappa shape index (κ3) is 3.84. The van der Waals surface area contributed by atoms with E-state index in [-0.39, 0.29) is 11.4 Å². The second kappa shape index (κ2) is 8.35. The van der Waals surface area contributed by atoms with Crippen molar-refractivity contribution in [2.45, 2.75) is 23.9 Å². The van der Waals surface area contributed by atoms with Gasteiger partial charge in [0.15, 0.2) is 5.16 Å². The Labute approximate surface area is 182 Å². The molecule has 0 saturated carbocycles. The summed E-state index contributed by atoms with van der Waals surface area (Å²) in [6.45, 7) is 0.504. The van der Waals surface area contributed by atoms with Gasteiger partial charge >= 0.3 is 0 Å². The molecule has 0 unspecified atom stereocenters. The van der Waals surface area contributed by atoms with E-state index in [1.807, 2.05) is 65.1 Å². The lowest BCUT2D eigenvalue weighted by Crippen LogP contribution is -2.24. The van der Waals surface area contributed by atoms with Crippen LogP contribution in [0.25, 0.3) is 16.7 Å². The van der Waals surface area contributed by atoms with Gasteiger partial charge in [0.25, 0.3) is 5.56 Å². The number of aryl methyl sites for hydroxylation is 2. The van der Waals surface area contributed by atoms with Crippen LogP contribution in [0, 0.1) is 5.82 Å². The highest BCUT2D eigenvalue weighted by Gasteiger charge is 2.17. The van der Waals surface area contributed by atoms with Gasteiger partial charge < -0.3 is 0 Å². The number of thioether (sulfide) groups is 1. The van der Waals surface area contributed by atoms with Crippen LogP contribution in [-0.2, 0) is 18.7 Å². The van der Waals surface area contributed by atoms with Crippen molar-refractivity contribution in [3.8, 4) is 0 Å². The molecule has 0 aliphatic carbocycles. The standard InChI is InChI=1S/C24H19FN4OS/c25-19-10-6-9-18(15-19)16-31-24-27-26-23-28(14-13-17-7-2-1-3-8-17)22(30)20-11-4-5-12-21(20)29(23)24/h1-12,15H,13-14,16H2. The van der Waals surface area contributed by atoms with Crippen molar-refractivity contribution in [2.24, 2.45) is 0 Å². The molecule has 5 rings (SSSR count). The van der Waals surface area contributed by atoms with Gasteiger partial charge in [-0.15, -0.1) is 10.2 Å². The van der Waals surface area contributed by atoms with E-state index in [0.717, 1.165) is 16.6 Å². The van der Waals surface area contributed by atoms with E-state index in [1.54, 1.807) is 10.6 Å². The molecule has 3 aromatic carbocycles. The van der Waals surface area contributed by atoms with Crippen molar-refractivity contribution in [3.63, 3.8) is 0 Å². The first-order valence-corrected chi connectivity index (χ1v) is 11.0. The molecule has 31 heavy (non-hydrogen) atoms. The minimum absolute atomic E-state index is 0.0758. The Morgan fingerprint density at radius 3 is 2.48 bits per heavy atom. The van der Waals surface area contributed by atoms with Gasteiger partial charge in [0, 0.05) is 12.3 Å². The number of halogens is 1. The Hall–Kier alpha value is -3.45. The van der Waals surface area contributed by atoms with E-state index < -0.39 is 0 Å². The van der Waals surface area contributed by atoms with Crippen LogP contribution in [0.4, 0.5) is 4.39 Å². The van der Waals surface area contributed by atoms with Crippen molar-refractivity contribution in [2.75, 3.05) is 0 Å². The van der Waals surface area contributed by atoms with Crippen LogP contribution in [0.15, 0.2) is 88.8 Å². The highest BCUT2D eigenvalue weighted by molar-refractivity contribution is 7.98. The largest absolute Gasteiger partial charge is 0.276 e. The highest BCUT2D eigenvalue weighted by atomic mass is 32.2. The van der Waals surface area contributed by atoms with Gasteiger partial charge in [0.2, 0.25) is 5.78 Å².